The van der Waals surface area contributed by atoms with E-state index in [-0.39, 0.29) is 12.3 Å². The van der Waals surface area contributed by atoms with Crippen molar-refractivity contribution in [2.75, 3.05) is 7.11 Å². The normalized spacial score (nSPS) is 13.5. The molecule has 0 heterocycles. The summed E-state index contributed by atoms with van der Waals surface area (Å²) in [7, 11) is 1.24. The van der Waals surface area contributed by atoms with Crippen LogP contribution in [0.3, 0.4) is 0 Å². The van der Waals surface area contributed by atoms with Gasteiger partial charge in [-0.15, -0.1) is 0 Å². The first-order chi connectivity index (χ1) is 8.81. The SMILES string of the molecule is CCC(NC(=O)NC(CC(C)C)C(=O)OC)C(=O)O. The van der Waals surface area contributed by atoms with Crippen molar-refractivity contribution < 1.29 is 24.2 Å². The lowest BCUT2D eigenvalue weighted by molar-refractivity contribution is -0.143. The molecular weight excluding hydrogens is 252 g/mol. The molecule has 7 nitrogen and oxygen atoms in total. The summed E-state index contributed by atoms with van der Waals surface area (Å²) < 4.78 is 4.60. The number of aliphatic carboxylic acids is 1. The Morgan fingerprint density at radius 2 is 1.68 bits per heavy atom. The lowest BCUT2D eigenvalue weighted by Gasteiger charge is -2.20. The molecule has 19 heavy (non-hydrogen) atoms. The van der Waals surface area contributed by atoms with E-state index in [0.29, 0.717) is 6.42 Å². The number of carboxylic acid groups (broad SMARTS) is 1. The number of rotatable bonds is 7. The molecule has 3 N–H and O–H groups in total. The molecule has 2 unspecified atom stereocenters. The summed E-state index contributed by atoms with van der Waals surface area (Å²) in [5.41, 5.74) is 0. The third-order valence-corrected chi connectivity index (χ3v) is 2.51. The van der Waals surface area contributed by atoms with Gasteiger partial charge in [-0.2, -0.15) is 0 Å². The van der Waals surface area contributed by atoms with Crippen molar-refractivity contribution in [2.24, 2.45) is 5.92 Å². The van der Waals surface area contributed by atoms with Crippen molar-refractivity contribution in [1.29, 1.82) is 0 Å². The number of hydrogen-bond donors (Lipinski definition) is 3. The number of esters is 1. The molecule has 0 aliphatic rings. The van der Waals surface area contributed by atoms with Crippen LogP contribution in [0, 0.1) is 5.92 Å². The highest BCUT2D eigenvalue weighted by molar-refractivity contribution is 5.86. The van der Waals surface area contributed by atoms with Gasteiger partial charge < -0.3 is 20.5 Å². The van der Waals surface area contributed by atoms with Gasteiger partial charge >= 0.3 is 18.0 Å². The molecule has 2 atom stereocenters. The van der Waals surface area contributed by atoms with Gasteiger partial charge in [0.15, 0.2) is 0 Å². The van der Waals surface area contributed by atoms with E-state index in [1.807, 2.05) is 13.8 Å². The third-order valence-electron chi connectivity index (χ3n) is 2.51. The molecule has 0 radical (unpaired) electrons. The first-order valence-electron chi connectivity index (χ1n) is 6.19. The van der Waals surface area contributed by atoms with Crippen molar-refractivity contribution in [1.82, 2.24) is 10.6 Å². The van der Waals surface area contributed by atoms with Crippen molar-refractivity contribution in [3.8, 4) is 0 Å². The predicted octanol–water partition coefficient (Wildman–Crippen LogP) is 0.737. The van der Waals surface area contributed by atoms with E-state index in [1.165, 1.54) is 7.11 Å². The van der Waals surface area contributed by atoms with Crippen LogP contribution in [0.1, 0.15) is 33.6 Å². The van der Waals surface area contributed by atoms with Crippen LogP contribution in [-0.4, -0.2) is 42.3 Å². The largest absolute Gasteiger partial charge is 0.480 e. The Morgan fingerprint density at radius 3 is 2.05 bits per heavy atom. The minimum Gasteiger partial charge on any atom is -0.480 e. The van der Waals surface area contributed by atoms with E-state index in [2.05, 4.69) is 15.4 Å². The summed E-state index contributed by atoms with van der Waals surface area (Å²) in [5, 5.41) is 13.5. The predicted molar refractivity (Wildman–Crippen MR) is 68.6 cm³/mol. The zero-order chi connectivity index (χ0) is 15.0. The minimum atomic E-state index is -1.11. The van der Waals surface area contributed by atoms with Gasteiger partial charge in [-0.1, -0.05) is 20.8 Å². The molecule has 0 aromatic carbocycles. The van der Waals surface area contributed by atoms with Crippen LogP contribution in [0.15, 0.2) is 0 Å². The fourth-order valence-corrected chi connectivity index (χ4v) is 1.52. The average Bonchev–Trinajstić information content (AvgIpc) is 2.33. The molecule has 0 rings (SSSR count). The van der Waals surface area contributed by atoms with Gasteiger partial charge in [0.25, 0.3) is 0 Å². The monoisotopic (exact) mass is 274 g/mol. The molecule has 110 valence electrons. The van der Waals surface area contributed by atoms with Crippen molar-refractivity contribution in [2.45, 2.75) is 45.7 Å². The molecule has 0 aromatic heterocycles. The second kappa shape index (κ2) is 8.34. The van der Waals surface area contributed by atoms with Gasteiger partial charge in [0.1, 0.15) is 12.1 Å². The number of methoxy groups -OCH3 is 1. The number of nitrogens with one attached hydrogen (secondary N) is 2. The van der Waals surface area contributed by atoms with Crippen molar-refractivity contribution in [3.05, 3.63) is 0 Å². The molecule has 2 amide bonds. The number of ether oxygens (including phenoxy) is 1. The highest BCUT2D eigenvalue weighted by atomic mass is 16.5. The maximum Gasteiger partial charge on any atom is 0.328 e. The second-order valence-electron chi connectivity index (χ2n) is 4.62. The molecule has 7 heteroatoms. The topological polar surface area (TPSA) is 105 Å². The van der Waals surface area contributed by atoms with Crippen LogP contribution in [0.5, 0.6) is 0 Å². The number of urea groups is 1. The molecular formula is C12H22N2O5. The van der Waals surface area contributed by atoms with E-state index < -0.39 is 30.1 Å². The molecule has 0 saturated heterocycles. The Labute approximate surface area is 112 Å². The Kier molecular flexibility index (Phi) is 7.55. The molecule has 0 aliphatic carbocycles. The first-order valence-corrected chi connectivity index (χ1v) is 6.19. The number of hydrogen-bond acceptors (Lipinski definition) is 4. The third kappa shape index (κ3) is 6.64. The maximum absolute atomic E-state index is 11.6. The van der Waals surface area contributed by atoms with Crippen LogP contribution >= 0.6 is 0 Å². The zero-order valence-electron chi connectivity index (χ0n) is 11.7. The van der Waals surface area contributed by atoms with Crippen LogP contribution in [-0.2, 0) is 14.3 Å². The summed E-state index contributed by atoms with van der Waals surface area (Å²) >= 11 is 0. The molecule has 0 spiro atoms. The maximum atomic E-state index is 11.6. The van der Waals surface area contributed by atoms with Gasteiger partial charge in [0, 0.05) is 0 Å². The van der Waals surface area contributed by atoms with Gasteiger partial charge in [0.05, 0.1) is 7.11 Å². The molecule has 0 aliphatic heterocycles. The fourth-order valence-electron chi connectivity index (χ4n) is 1.52. The van der Waals surface area contributed by atoms with Crippen LogP contribution < -0.4 is 10.6 Å². The Hall–Kier alpha value is -1.79. The number of amides is 2. The van der Waals surface area contributed by atoms with Gasteiger partial charge in [0.2, 0.25) is 0 Å². The van der Waals surface area contributed by atoms with Crippen molar-refractivity contribution >= 4 is 18.0 Å². The summed E-state index contributed by atoms with van der Waals surface area (Å²) in [6.07, 6.45) is 0.680. The second-order valence-corrected chi connectivity index (χ2v) is 4.62. The quantitative estimate of drug-likeness (QED) is 0.594. The molecule has 0 aromatic rings. The smallest absolute Gasteiger partial charge is 0.328 e. The van der Waals surface area contributed by atoms with Gasteiger partial charge in [-0.3, -0.25) is 0 Å². The van der Waals surface area contributed by atoms with Gasteiger partial charge in [-0.25, -0.2) is 14.4 Å². The lowest BCUT2D eigenvalue weighted by Crippen LogP contribution is -2.51. The van der Waals surface area contributed by atoms with E-state index in [1.54, 1.807) is 6.92 Å². The lowest BCUT2D eigenvalue weighted by atomic mass is 10.0. The molecule has 0 saturated carbocycles. The average molecular weight is 274 g/mol. The highest BCUT2D eigenvalue weighted by Crippen LogP contribution is 2.06. The summed E-state index contributed by atoms with van der Waals surface area (Å²) in [5.74, 6) is -1.48. The number of carbonyl (C=O) groups excluding carboxylic acids is 2. The number of carbonyl (C=O) groups is 3. The van der Waals surface area contributed by atoms with Crippen molar-refractivity contribution in [3.63, 3.8) is 0 Å². The van der Waals surface area contributed by atoms with Gasteiger partial charge in [-0.05, 0) is 18.8 Å². The summed E-state index contributed by atoms with van der Waals surface area (Å²) in [6.45, 7) is 5.45. The number of carboxylic acids is 1. The minimum absolute atomic E-state index is 0.186. The molecule has 0 fully saturated rings. The standard InChI is InChI=1S/C12H22N2O5/c1-5-8(10(15)16)13-12(18)14-9(6-7(2)3)11(17)19-4/h7-9H,5-6H2,1-4H3,(H,15,16)(H2,13,14,18). The Bertz CT molecular complexity index is 330. The summed E-state index contributed by atoms with van der Waals surface area (Å²) in [6, 6.07) is -2.45. The Balaban J connectivity index is 4.53. The van der Waals surface area contributed by atoms with E-state index in [9.17, 15) is 14.4 Å². The van der Waals surface area contributed by atoms with Crippen LogP contribution in [0.2, 0.25) is 0 Å². The van der Waals surface area contributed by atoms with Crippen LogP contribution in [0.25, 0.3) is 0 Å². The molecule has 0 bridgehead atoms. The van der Waals surface area contributed by atoms with Crippen LogP contribution in [0.4, 0.5) is 4.79 Å². The van der Waals surface area contributed by atoms with E-state index >= 15 is 0 Å². The Morgan fingerprint density at radius 1 is 1.16 bits per heavy atom. The fraction of sp³-hybridized carbons (Fsp3) is 0.750. The van der Waals surface area contributed by atoms with E-state index in [0.717, 1.165) is 0 Å². The zero-order valence-corrected chi connectivity index (χ0v) is 11.7. The highest BCUT2D eigenvalue weighted by Gasteiger charge is 2.24. The van der Waals surface area contributed by atoms with E-state index in [4.69, 9.17) is 5.11 Å². The summed E-state index contributed by atoms with van der Waals surface area (Å²) in [4.78, 5) is 33.9. The first kappa shape index (κ1) is 17.2.